The maximum Gasteiger partial charge on any atom is 0.472 e. The lowest BCUT2D eigenvalue weighted by molar-refractivity contribution is -0.174. The summed E-state index contributed by atoms with van der Waals surface area (Å²) in [6.45, 7) is -0.137. The lowest BCUT2D eigenvalue weighted by atomic mass is 10.1. The molecule has 0 bridgehead atoms. The number of hydrogen-bond acceptors (Lipinski definition) is 2. The van der Waals surface area contributed by atoms with Crippen LogP contribution in [0.3, 0.4) is 0 Å². The van der Waals surface area contributed by atoms with Gasteiger partial charge in [0.15, 0.2) is 0 Å². The molecule has 2 aromatic carbocycles. The second kappa shape index (κ2) is 7.81. The minimum atomic E-state index is -5.17. The zero-order valence-corrected chi connectivity index (χ0v) is 12.9. The monoisotopic (exact) mass is 372 g/mol. The van der Waals surface area contributed by atoms with Gasteiger partial charge in [0.05, 0.1) is 0 Å². The number of nitrogens with one attached hydrogen (secondary N) is 2. The van der Waals surface area contributed by atoms with Crippen molar-refractivity contribution in [1.29, 1.82) is 0 Å². The fraction of sp³-hybridized carbons (Fsp3) is 0.125. The first-order chi connectivity index (χ1) is 12.2. The van der Waals surface area contributed by atoms with Gasteiger partial charge in [-0.05, 0) is 29.8 Å². The molecule has 2 rings (SSSR count). The molecule has 2 N–H and O–H groups in total. The molecule has 0 spiro atoms. The normalized spacial score (nSPS) is 11.0. The van der Waals surface area contributed by atoms with Gasteiger partial charge in [-0.25, -0.2) is 8.78 Å². The molecular weight excluding hydrogens is 361 g/mol. The number of carbonyl (C=O) groups is 2. The quantitative estimate of drug-likeness (QED) is 0.637. The summed E-state index contributed by atoms with van der Waals surface area (Å²) >= 11 is 0. The predicted octanol–water partition coefficient (Wildman–Crippen LogP) is 3.49. The van der Waals surface area contributed by atoms with Crippen LogP contribution in [0.15, 0.2) is 42.5 Å². The Labute approximate surface area is 144 Å². The number of benzene rings is 2. The zero-order chi connectivity index (χ0) is 19.3. The fourth-order valence-corrected chi connectivity index (χ4v) is 1.82. The fourth-order valence-electron chi connectivity index (χ4n) is 1.82. The van der Waals surface area contributed by atoms with E-state index >= 15 is 0 Å². The number of rotatable bonds is 4. The third-order valence-electron chi connectivity index (χ3n) is 3.10. The van der Waals surface area contributed by atoms with Crippen molar-refractivity contribution in [3.8, 4) is 0 Å². The molecule has 0 saturated carbocycles. The van der Waals surface area contributed by atoms with Gasteiger partial charge in [-0.15, -0.1) is 12.2 Å². The number of hydrogen-bond donors (Lipinski definition) is 2. The highest BCUT2D eigenvalue weighted by Gasteiger charge is 2.39. The third-order valence-corrected chi connectivity index (χ3v) is 3.10. The molecule has 10 heteroatoms. The minimum absolute atomic E-state index is 0.0881. The summed E-state index contributed by atoms with van der Waals surface area (Å²) in [6.07, 6.45) is -5.17. The van der Waals surface area contributed by atoms with Crippen molar-refractivity contribution in [2.24, 2.45) is 0 Å². The Hall–Kier alpha value is -3.17. The zero-order valence-electron chi connectivity index (χ0n) is 12.9. The molecule has 26 heavy (non-hydrogen) atoms. The van der Waals surface area contributed by atoms with E-state index in [1.54, 1.807) is 0 Å². The molecule has 0 aliphatic rings. The van der Waals surface area contributed by atoms with Crippen LogP contribution in [0.5, 0.6) is 0 Å². The first-order valence-electron chi connectivity index (χ1n) is 7.06. The summed E-state index contributed by atoms with van der Waals surface area (Å²) in [6, 6.07) is 8.48. The van der Waals surface area contributed by atoms with Crippen molar-refractivity contribution in [2.75, 3.05) is 0 Å². The second-order valence-electron chi connectivity index (χ2n) is 5.01. The lowest BCUT2D eigenvalue weighted by Crippen LogP contribution is -2.47. The first-order valence-corrected chi connectivity index (χ1v) is 7.06. The first kappa shape index (κ1) is 19.2. The van der Waals surface area contributed by atoms with Gasteiger partial charge in [0, 0.05) is 5.56 Å². The van der Waals surface area contributed by atoms with Crippen LogP contribution in [0.4, 0.5) is 27.6 Å². The summed E-state index contributed by atoms with van der Waals surface area (Å²) < 4.78 is 63.1. The molecule has 0 unspecified atom stereocenters. The molecule has 2 aromatic rings. The highest BCUT2D eigenvalue weighted by Crippen LogP contribution is 2.23. The highest BCUT2D eigenvalue weighted by molar-refractivity contribution is 5.95. The highest BCUT2D eigenvalue weighted by atomic mass is 19.4. The van der Waals surface area contributed by atoms with Crippen LogP contribution in [0.1, 0.15) is 15.9 Å². The summed E-state index contributed by atoms with van der Waals surface area (Å²) in [5.41, 5.74) is 2.77. The summed E-state index contributed by atoms with van der Waals surface area (Å²) in [5.74, 6) is -4.83. The van der Waals surface area contributed by atoms with E-state index in [9.17, 15) is 31.5 Å². The van der Waals surface area contributed by atoms with Gasteiger partial charge in [-0.2, -0.15) is 13.2 Å². The molecule has 2 amide bonds. The second-order valence-corrected chi connectivity index (χ2v) is 5.01. The van der Waals surface area contributed by atoms with Crippen molar-refractivity contribution in [3.05, 3.63) is 70.5 Å². The van der Waals surface area contributed by atoms with Crippen molar-refractivity contribution in [3.63, 3.8) is 0 Å². The van der Waals surface area contributed by atoms with Gasteiger partial charge in [0.25, 0.3) is 5.91 Å². The summed E-state index contributed by atoms with van der Waals surface area (Å²) in [5, 5.41) is 4.00. The lowest BCUT2D eigenvalue weighted by Gasteiger charge is -2.21. The smallest absolute Gasteiger partial charge is 0.472 e. The minimum Gasteiger partial charge on any atom is -0.681 e. The molecular formula is C16H11F5N3O2-. The van der Waals surface area contributed by atoms with Crippen LogP contribution in [0.2, 0.25) is 0 Å². The van der Waals surface area contributed by atoms with E-state index in [0.29, 0.717) is 5.69 Å². The van der Waals surface area contributed by atoms with E-state index in [0.717, 1.165) is 18.2 Å². The van der Waals surface area contributed by atoms with Gasteiger partial charge >= 0.3 is 12.1 Å². The maximum absolute atomic E-state index is 14.0. The molecule has 0 atom stereocenters. The average Bonchev–Trinajstić information content (AvgIpc) is 2.57. The molecule has 0 radical (unpaired) electrons. The van der Waals surface area contributed by atoms with Crippen LogP contribution in [-0.4, -0.2) is 18.0 Å². The van der Waals surface area contributed by atoms with Gasteiger partial charge in [-0.3, -0.25) is 20.4 Å². The maximum atomic E-state index is 14.0. The molecule has 0 heterocycles. The number of halogens is 5. The standard InChI is InChI=1S/C16H11F5N3O2/c17-11-2-1-3-12(7-11)22-8-10-5-4-9(6-13(10)18)14(25)23-24-15(26)16(19,20)21/h1-7H,8H2,(H,23,25)(H,24,26)/q-1. The van der Waals surface area contributed by atoms with E-state index in [4.69, 9.17) is 0 Å². The van der Waals surface area contributed by atoms with E-state index in [-0.39, 0.29) is 17.7 Å². The van der Waals surface area contributed by atoms with Crippen LogP contribution in [0, 0.1) is 11.6 Å². The van der Waals surface area contributed by atoms with E-state index < -0.39 is 29.6 Å². The SMILES string of the molecule is O=C(NNC(=O)C(F)(F)F)c1ccc(C[N-]c2cccc(F)c2)c(F)c1. The Morgan fingerprint density at radius 2 is 1.73 bits per heavy atom. The number of carbonyl (C=O) groups excluding carboxylic acids is 2. The Bertz CT molecular complexity index is 824. The molecule has 0 aliphatic carbocycles. The average molecular weight is 372 g/mol. The molecule has 5 nitrogen and oxygen atoms in total. The Morgan fingerprint density at radius 3 is 2.35 bits per heavy atom. The number of alkyl halides is 3. The van der Waals surface area contributed by atoms with Crippen molar-refractivity contribution < 1.29 is 31.5 Å². The Balaban J connectivity index is 1.98. The van der Waals surface area contributed by atoms with Crippen LogP contribution < -0.4 is 10.9 Å². The van der Waals surface area contributed by atoms with Crippen molar-refractivity contribution in [1.82, 2.24) is 10.9 Å². The van der Waals surface area contributed by atoms with Gasteiger partial charge < -0.3 is 5.32 Å². The number of hydrazine groups is 1. The topological polar surface area (TPSA) is 72.3 Å². The molecule has 138 valence electrons. The molecule has 0 fully saturated rings. The Morgan fingerprint density at radius 1 is 1.00 bits per heavy atom. The van der Waals surface area contributed by atoms with E-state index in [2.05, 4.69) is 5.32 Å². The molecule has 0 aliphatic heterocycles. The van der Waals surface area contributed by atoms with Crippen molar-refractivity contribution >= 4 is 17.5 Å². The molecule has 0 aromatic heterocycles. The van der Waals surface area contributed by atoms with E-state index in [1.165, 1.54) is 35.1 Å². The molecule has 0 saturated heterocycles. The van der Waals surface area contributed by atoms with Gasteiger partial charge in [0.2, 0.25) is 0 Å². The summed E-state index contributed by atoms with van der Waals surface area (Å²) in [7, 11) is 0. The largest absolute Gasteiger partial charge is 0.681 e. The van der Waals surface area contributed by atoms with Crippen LogP contribution >= 0.6 is 0 Å². The number of amides is 2. The van der Waals surface area contributed by atoms with Gasteiger partial charge in [0.1, 0.15) is 11.6 Å². The predicted molar refractivity (Wildman–Crippen MR) is 81.2 cm³/mol. The Kier molecular flexibility index (Phi) is 5.75. The van der Waals surface area contributed by atoms with Gasteiger partial charge in [-0.1, -0.05) is 18.2 Å². The van der Waals surface area contributed by atoms with Crippen molar-refractivity contribution in [2.45, 2.75) is 12.7 Å². The van der Waals surface area contributed by atoms with Crippen LogP contribution in [0.25, 0.3) is 5.32 Å². The number of nitrogens with zero attached hydrogens (tertiary/aromatic N) is 1. The van der Waals surface area contributed by atoms with E-state index in [1.807, 2.05) is 0 Å². The third kappa shape index (κ3) is 5.16. The van der Waals surface area contributed by atoms with Crippen LogP contribution in [-0.2, 0) is 11.3 Å². The summed E-state index contributed by atoms with van der Waals surface area (Å²) in [4.78, 5) is 22.2.